The van der Waals surface area contributed by atoms with E-state index in [2.05, 4.69) is 0 Å². The lowest BCUT2D eigenvalue weighted by atomic mass is 10.1. The number of rotatable bonds is 7. The van der Waals surface area contributed by atoms with Gasteiger partial charge in [0.25, 0.3) is 5.69 Å². The lowest BCUT2D eigenvalue weighted by Crippen LogP contribution is -2.11. The van der Waals surface area contributed by atoms with Crippen molar-refractivity contribution in [3.05, 3.63) is 75.7 Å². The number of halogens is 2. The second-order valence-corrected chi connectivity index (χ2v) is 8.52. The van der Waals surface area contributed by atoms with Crippen LogP contribution in [0.5, 0.6) is 5.75 Å². The second-order valence-electron chi connectivity index (χ2n) is 5.65. The van der Waals surface area contributed by atoms with Crippen molar-refractivity contribution in [1.82, 2.24) is 0 Å². The Hall–Kier alpha value is -2.85. The summed E-state index contributed by atoms with van der Waals surface area (Å²) < 4.78 is 53.8. The Kier molecular flexibility index (Phi) is 5.71. The lowest BCUT2D eigenvalue weighted by molar-refractivity contribution is -0.384. The van der Waals surface area contributed by atoms with Crippen molar-refractivity contribution in [3.8, 4) is 16.2 Å². The van der Waals surface area contributed by atoms with Gasteiger partial charge in [-0.1, -0.05) is 18.2 Å². The minimum atomic E-state index is -4.65. The number of thiophene rings is 1. The fraction of sp³-hybridized carbons (Fsp3) is 0.111. The molecule has 0 saturated heterocycles. The van der Waals surface area contributed by atoms with Crippen LogP contribution in [-0.4, -0.2) is 19.1 Å². The molecule has 6 nitrogen and oxygen atoms in total. The zero-order chi connectivity index (χ0) is 20.3. The Morgan fingerprint density at radius 1 is 1.11 bits per heavy atom. The summed E-state index contributed by atoms with van der Waals surface area (Å²) in [5.41, 5.74) is 1.04. The highest BCUT2D eigenvalue weighted by Crippen LogP contribution is 2.36. The van der Waals surface area contributed by atoms with E-state index in [0.29, 0.717) is 16.9 Å². The number of non-ortho nitro benzene ring substituents is 1. The van der Waals surface area contributed by atoms with Gasteiger partial charge in [0.05, 0.1) is 9.82 Å². The number of hydrogen-bond donors (Lipinski definition) is 0. The van der Waals surface area contributed by atoms with Gasteiger partial charge in [-0.25, -0.2) is 8.42 Å². The summed E-state index contributed by atoms with van der Waals surface area (Å²) in [6.07, 6.45) is 0. The molecular weight excluding hydrogens is 412 g/mol. The monoisotopic (exact) mass is 425 g/mol. The molecule has 0 saturated carbocycles. The molecule has 0 aliphatic heterocycles. The Morgan fingerprint density at radius 3 is 2.39 bits per heavy atom. The van der Waals surface area contributed by atoms with Gasteiger partial charge in [0, 0.05) is 22.6 Å². The van der Waals surface area contributed by atoms with Crippen molar-refractivity contribution in [2.24, 2.45) is 0 Å². The molecule has 10 heteroatoms. The van der Waals surface area contributed by atoms with E-state index in [9.17, 15) is 27.3 Å². The van der Waals surface area contributed by atoms with Gasteiger partial charge in [0.1, 0.15) is 12.4 Å². The minimum absolute atomic E-state index is 0.0329. The van der Waals surface area contributed by atoms with Crippen molar-refractivity contribution in [2.45, 2.75) is 17.3 Å². The van der Waals surface area contributed by atoms with Gasteiger partial charge >= 0.3 is 5.76 Å². The van der Waals surface area contributed by atoms with E-state index in [1.165, 1.54) is 41.7 Å². The number of nitro groups is 1. The molecule has 2 aromatic carbocycles. The first kappa shape index (κ1) is 19.9. The van der Waals surface area contributed by atoms with Crippen LogP contribution in [0.15, 0.2) is 64.9 Å². The molecule has 1 heterocycles. The van der Waals surface area contributed by atoms with Crippen LogP contribution in [-0.2, 0) is 16.4 Å². The summed E-state index contributed by atoms with van der Waals surface area (Å²) in [6, 6.07) is 12.8. The third-order valence-corrected chi connectivity index (χ3v) is 6.14. The van der Waals surface area contributed by atoms with Gasteiger partial charge < -0.3 is 4.74 Å². The topological polar surface area (TPSA) is 86.5 Å². The molecule has 0 aliphatic rings. The number of nitrogens with zero attached hydrogens (tertiary/aromatic N) is 1. The fourth-order valence-electron chi connectivity index (χ4n) is 2.42. The van der Waals surface area contributed by atoms with Gasteiger partial charge in [0.15, 0.2) is 0 Å². The van der Waals surface area contributed by atoms with E-state index < -0.39 is 25.4 Å². The summed E-state index contributed by atoms with van der Waals surface area (Å²) >= 11 is 1.40. The highest BCUT2D eigenvalue weighted by atomic mass is 32.2. The van der Waals surface area contributed by atoms with Gasteiger partial charge in [0.2, 0.25) is 9.84 Å². The van der Waals surface area contributed by atoms with Gasteiger partial charge in [-0.3, -0.25) is 10.1 Å². The summed E-state index contributed by atoms with van der Waals surface area (Å²) in [7, 11) is -4.65. The lowest BCUT2D eigenvalue weighted by Gasteiger charge is -2.11. The van der Waals surface area contributed by atoms with Crippen molar-refractivity contribution in [3.63, 3.8) is 0 Å². The third-order valence-electron chi connectivity index (χ3n) is 3.84. The predicted molar refractivity (Wildman–Crippen MR) is 100 cm³/mol. The molecule has 3 rings (SSSR count). The third kappa shape index (κ3) is 4.18. The minimum Gasteiger partial charge on any atom is -0.488 e. The van der Waals surface area contributed by atoms with Crippen molar-refractivity contribution in [1.29, 1.82) is 0 Å². The van der Waals surface area contributed by atoms with Crippen molar-refractivity contribution < 1.29 is 26.9 Å². The van der Waals surface area contributed by atoms with Crippen LogP contribution in [0, 0.1) is 10.1 Å². The Balaban J connectivity index is 1.82. The molecule has 0 spiro atoms. The Labute approximate surface area is 163 Å². The molecule has 0 fully saturated rings. The maximum absolute atomic E-state index is 12.6. The van der Waals surface area contributed by atoms with E-state index >= 15 is 0 Å². The van der Waals surface area contributed by atoms with Crippen LogP contribution in [0.2, 0.25) is 0 Å². The molecule has 1 aromatic heterocycles. The largest absolute Gasteiger partial charge is 0.488 e. The average Bonchev–Trinajstić information content (AvgIpc) is 3.21. The first-order valence-electron chi connectivity index (χ1n) is 7.85. The number of alkyl halides is 2. The van der Waals surface area contributed by atoms with Crippen LogP contribution >= 0.6 is 11.3 Å². The molecule has 0 N–H and O–H groups in total. The normalized spacial score (nSPS) is 11.5. The molecule has 0 radical (unpaired) electrons. The molecule has 146 valence electrons. The fourth-order valence-corrected chi connectivity index (χ4v) is 3.89. The van der Waals surface area contributed by atoms with Crippen LogP contribution in [0.25, 0.3) is 10.4 Å². The molecule has 28 heavy (non-hydrogen) atoms. The van der Waals surface area contributed by atoms with E-state index in [-0.39, 0.29) is 12.3 Å². The number of sulfone groups is 1. The van der Waals surface area contributed by atoms with Gasteiger partial charge in [-0.15, -0.1) is 11.3 Å². The first-order valence-corrected chi connectivity index (χ1v) is 10.3. The second kappa shape index (κ2) is 8.03. The van der Waals surface area contributed by atoms with Crippen LogP contribution in [0.1, 0.15) is 5.56 Å². The standard InChI is InChI=1S/C18H13F2NO5S2/c19-18(20)28(24,25)14-6-3-12(4-7-14)11-26-16-8-5-13(21(22)23)10-15(16)17-2-1-9-27-17/h1-10,18H,11H2. The average molecular weight is 425 g/mol. The van der Waals surface area contributed by atoms with E-state index in [1.807, 2.05) is 11.4 Å². The van der Waals surface area contributed by atoms with Gasteiger partial charge in [-0.2, -0.15) is 8.78 Å². The van der Waals surface area contributed by atoms with E-state index in [4.69, 9.17) is 4.74 Å². The van der Waals surface area contributed by atoms with Crippen LogP contribution < -0.4 is 4.74 Å². The van der Waals surface area contributed by atoms with E-state index in [0.717, 1.165) is 17.0 Å². The Bertz CT molecular complexity index is 1080. The smallest absolute Gasteiger partial charge is 0.341 e. The van der Waals surface area contributed by atoms with Crippen molar-refractivity contribution in [2.75, 3.05) is 0 Å². The van der Waals surface area contributed by atoms with Gasteiger partial charge in [-0.05, 0) is 35.2 Å². The molecule has 0 atom stereocenters. The van der Waals surface area contributed by atoms with Crippen LogP contribution in [0.4, 0.5) is 14.5 Å². The SMILES string of the molecule is O=[N+]([O-])c1ccc(OCc2ccc(S(=O)(=O)C(F)F)cc2)c(-c2cccs2)c1. The van der Waals surface area contributed by atoms with E-state index in [1.54, 1.807) is 6.07 Å². The molecule has 3 aromatic rings. The summed E-state index contributed by atoms with van der Waals surface area (Å²) in [5, 5.41) is 12.9. The molecule has 0 amide bonds. The van der Waals surface area contributed by atoms with Crippen molar-refractivity contribution >= 4 is 26.9 Å². The highest BCUT2D eigenvalue weighted by Gasteiger charge is 2.26. The number of ether oxygens (including phenoxy) is 1. The van der Waals surface area contributed by atoms with Crippen LogP contribution in [0.3, 0.4) is 0 Å². The summed E-state index contributed by atoms with van der Waals surface area (Å²) in [6.45, 7) is 0.0329. The molecule has 0 bridgehead atoms. The quantitative estimate of drug-likeness (QED) is 0.397. The number of nitro benzene ring substituents is 1. The molecule has 0 unspecified atom stereocenters. The maximum atomic E-state index is 12.6. The number of benzene rings is 2. The zero-order valence-electron chi connectivity index (χ0n) is 14.1. The highest BCUT2D eigenvalue weighted by molar-refractivity contribution is 7.91. The summed E-state index contributed by atoms with van der Waals surface area (Å²) in [4.78, 5) is 10.9. The molecular formula is C18H13F2NO5S2. The molecule has 0 aliphatic carbocycles. The summed E-state index contributed by atoms with van der Waals surface area (Å²) in [5.74, 6) is -3.07. The first-order chi connectivity index (χ1) is 13.3. The number of hydrogen-bond acceptors (Lipinski definition) is 6. The predicted octanol–water partition coefficient (Wildman–Crippen LogP) is 4.90. The maximum Gasteiger partial charge on any atom is 0.341 e. The zero-order valence-corrected chi connectivity index (χ0v) is 15.8. The Morgan fingerprint density at radius 2 is 1.82 bits per heavy atom.